The van der Waals surface area contributed by atoms with E-state index in [4.69, 9.17) is 0 Å². The molecule has 4 heteroatoms. The average molecular weight is 264 g/mol. The lowest BCUT2D eigenvalue weighted by atomic mass is 9.78. The third kappa shape index (κ3) is 2.99. The first-order chi connectivity index (χ1) is 9.02. The number of Topliss-reactive ketones (excluding diaryl/α,β-unsaturated/α-hetero) is 2. The minimum Gasteiger partial charge on any atom is -0.371 e. The Kier molecular flexibility index (Phi) is 4.27. The van der Waals surface area contributed by atoms with Crippen molar-refractivity contribution in [3.63, 3.8) is 0 Å². The molecular weight excluding hydrogens is 240 g/mol. The van der Waals surface area contributed by atoms with E-state index in [1.54, 1.807) is 0 Å². The molecule has 0 aromatic rings. The molecule has 1 atom stereocenters. The van der Waals surface area contributed by atoms with Crippen molar-refractivity contribution in [1.82, 2.24) is 10.6 Å². The molecule has 1 aliphatic carbocycles. The smallest absolute Gasteiger partial charge is 0.170 e. The Balaban J connectivity index is 2.20. The summed E-state index contributed by atoms with van der Waals surface area (Å²) >= 11 is 0. The Morgan fingerprint density at radius 2 is 1.84 bits per heavy atom. The third-order valence-corrected chi connectivity index (χ3v) is 4.28. The van der Waals surface area contributed by atoms with E-state index in [1.807, 2.05) is 0 Å². The normalized spacial score (nSPS) is 28.4. The second-order valence-electron chi connectivity index (χ2n) is 5.97. The quantitative estimate of drug-likeness (QED) is 0.589. The lowest BCUT2D eigenvalue weighted by Crippen LogP contribution is -2.46. The van der Waals surface area contributed by atoms with Crippen LogP contribution in [-0.2, 0) is 9.59 Å². The molecule has 106 valence electrons. The van der Waals surface area contributed by atoms with Crippen molar-refractivity contribution in [2.24, 2.45) is 11.8 Å². The number of hydrogen-bond acceptors (Lipinski definition) is 4. The van der Waals surface area contributed by atoms with Gasteiger partial charge in [-0.05, 0) is 24.7 Å². The van der Waals surface area contributed by atoms with Gasteiger partial charge < -0.3 is 10.6 Å². The summed E-state index contributed by atoms with van der Waals surface area (Å²) in [5, 5.41) is 6.49. The van der Waals surface area contributed by atoms with Gasteiger partial charge >= 0.3 is 0 Å². The Labute approximate surface area is 115 Å². The van der Waals surface area contributed by atoms with Crippen molar-refractivity contribution in [2.75, 3.05) is 6.54 Å². The molecule has 0 aromatic carbocycles. The lowest BCUT2D eigenvalue weighted by molar-refractivity contribution is -0.126. The molecule has 4 nitrogen and oxygen atoms in total. The Bertz CT molecular complexity index is 392. The highest BCUT2D eigenvalue weighted by Crippen LogP contribution is 2.29. The van der Waals surface area contributed by atoms with E-state index >= 15 is 0 Å². The summed E-state index contributed by atoms with van der Waals surface area (Å²) in [4.78, 5) is 24.5. The van der Waals surface area contributed by atoms with E-state index in [-0.39, 0.29) is 17.5 Å². The van der Waals surface area contributed by atoms with Crippen molar-refractivity contribution in [1.29, 1.82) is 0 Å². The molecule has 0 bridgehead atoms. The maximum absolute atomic E-state index is 12.3. The predicted octanol–water partition coefficient (Wildman–Crippen LogP) is 1.76. The highest BCUT2D eigenvalue weighted by molar-refractivity contribution is 6.22. The Hall–Kier alpha value is -1.32. The maximum Gasteiger partial charge on any atom is 0.170 e. The zero-order chi connectivity index (χ0) is 14.0. The van der Waals surface area contributed by atoms with Crippen LogP contribution in [0.4, 0.5) is 0 Å². The zero-order valence-electron chi connectivity index (χ0n) is 12.1. The number of carbonyl (C=O) groups excluding carboxylic acids is 2. The van der Waals surface area contributed by atoms with Crippen molar-refractivity contribution in [2.45, 2.75) is 52.5 Å². The van der Waals surface area contributed by atoms with Crippen molar-refractivity contribution in [3.05, 3.63) is 11.4 Å². The molecule has 0 amide bonds. The molecule has 1 heterocycles. The summed E-state index contributed by atoms with van der Waals surface area (Å²) < 4.78 is 0. The van der Waals surface area contributed by atoms with E-state index < -0.39 is 0 Å². The fraction of sp³-hybridized carbons (Fsp3) is 0.733. The van der Waals surface area contributed by atoms with Crippen LogP contribution in [0.5, 0.6) is 0 Å². The van der Waals surface area contributed by atoms with Crippen LogP contribution in [0.15, 0.2) is 11.4 Å². The number of ketones is 2. The number of rotatable bonds is 2. The van der Waals surface area contributed by atoms with Crippen molar-refractivity contribution in [3.8, 4) is 0 Å². The van der Waals surface area contributed by atoms with Crippen LogP contribution in [-0.4, -0.2) is 24.2 Å². The number of carbonyl (C=O) groups is 2. The summed E-state index contributed by atoms with van der Waals surface area (Å²) in [5.74, 6) is 1.27. The average Bonchev–Trinajstić information content (AvgIpc) is 2.38. The molecule has 2 fully saturated rings. The van der Waals surface area contributed by atoms with Crippen LogP contribution in [0, 0.1) is 11.8 Å². The van der Waals surface area contributed by atoms with Crippen LogP contribution in [0.2, 0.25) is 0 Å². The minimum atomic E-state index is 0.00158. The number of allylic oxidation sites excluding steroid dienone is 1. The van der Waals surface area contributed by atoms with E-state index in [9.17, 15) is 9.59 Å². The molecule has 1 aliphatic heterocycles. The summed E-state index contributed by atoms with van der Waals surface area (Å²) in [6, 6.07) is 0.368. The van der Waals surface area contributed by atoms with Crippen LogP contribution >= 0.6 is 0 Å². The van der Waals surface area contributed by atoms with Gasteiger partial charge in [0.15, 0.2) is 11.6 Å². The molecule has 2 rings (SSSR count). The van der Waals surface area contributed by atoms with E-state index in [1.165, 1.54) is 0 Å². The fourth-order valence-corrected chi connectivity index (χ4v) is 2.82. The predicted molar refractivity (Wildman–Crippen MR) is 74.4 cm³/mol. The SMILES string of the molecule is CCC1CCNC(=C2C(=O)CC(C(C)C)CC2=O)N1. The largest absolute Gasteiger partial charge is 0.371 e. The van der Waals surface area contributed by atoms with E-state index in [0.717, 1.165) is 19.4 Å². The van der Waals surface area contributed by atoms with Crippen LogP contribution in [0.25, 0.3) is 0 Å². The first-order valence-electron chi connectivity index (χ1n) is 7.34. The van der Waals surface area contributed by atoms with Gasteiger partial charge in [-0.15, -0.1) is 0 Å². The molecular formula is C15H24N2O2. The zero-order valence-corrected chi connectivity index (χ0v) is 12.1. The van der Waals surface area contributed by atoms with E-state index in [2.05, 4.69) is 31.4 Å². The summed E-state index contributed by atoms with van der Waals surface area (Å²) in [6.45, 7) is 7.10. The highest BCUT2D eigenvalue weighted by Gasteiger charge is 2.35. The lowest BCUT2D eigenvalue weighted by Gasteiger charge is -2.31. The topological polar surface area (TPSA) is 58.2 Å². The summed E-state index contributed by atoms with van der Waals surface area (Å²) in [6.07, 6.45) is 3.05. The van der Waals surface area contributed by atoms with Gasteiger partial charge in [-0.2, -0.15) is 0 Å². The van der Waals surface area contributed by atoms with Gasteiger partial charge in [-0.25, -0.2) is 0 Å². The summed E-state index contributed by atoms with van der Waals surface area (Å²) in [5.41, 5.74) is 0.384. The molecule has 1 unspecified atom stereocenters. The van der Waals surface area contributed by atoms with Gasteiger partial charge in [-0.1, -0.05) is 20.8 Å². The number of hydrogen-bond donors (Lipinski definition) is 2. The second-order valence-corrected chi connectivity index (χ2v) is 5.97. The van der Waals surface area contributed by atoms with Gasteiger partial charge in [-0.3, -0.25) is 9.59 Å². The van der Waals surface area contributed by atoms with Crippen LogP contribution in [0.3, 0.4) is 0 Å². The van der Waals surface area contributed by atoms with Crippen LogP contribution < -0.4 is 10.6 Å². The molecule has 2 aliphatic rings. The minimum absolute atomic E-state index is 0.00158. The van der Waals surface area contributed by atoms with Crippen molar-refractivity contribution < 1.29 is 9.59 Å². The van der Waals surface area contributed by atoms with Gasteiger partial charge in [0.2, 0.25) is 0 Å². The second kappa shape index (κ2) is 5.76. The summed E-state index contributed by atoms with van der Waals surface area (Å²) in [7, 11) is 0. The van der Waals surface area contributed by atoms with Gasteiger partial charge in [0, 0.05) is 25.4 Å². The molecule has 0 aromatic heterocycles. The number of nitrogens with one attached hydrogen (secondary N) is 2. The van der Waals surface area contributed by atoms with Gasteiger partial charge in [0.1, 0.15) is 11.4 Å². The van der Waals surface area contributed by atoms with E-state index in [0.29, 0.717) is 36.2 Å². The monoisotopic (exact) mass is 264 g/mol. The highest BCUT2D eigenvalue weighted by atomic mass is 16.2. The molecule has 0 radical (unpaired) electrons. The van der Waals surface area contributed by atoms with Gasteiger partial charge in [0.25, 0.3) is 0 Å². The molecule has 0 spiro atoms. The third-order valence-electron chi connectivity index (χ3n) is 4.28. The molecule has 2 N–H and O–H groups in total. The van der Waals surface area contributed by atoms with Crippen LogP contribution in [0.1, 0.15) is 46.5 Å². The Morgan fingerprint density at radius 3 is 2.37 bits per heavy atom. The van der Waals surface area contributed by atoms with Gasteiger partial charge in [0.05, 0.1) is 0 Å². The molecule has 1 saturated heterocycles. The first-order valence-corrected chi connectivity index (χ1v) is 7.34. The van der Waals surface area contributed by atoms with Crippen molar-refractivity contribution >= 4 is 11.6 Å². The standard InChI is InChI=1S/C15H24N2O2/c1-4-11-5-6-16-15(17-11)14-12(18)7-10(9(2)3)8-13(14)19/h9-11,16-17H,4-8H2,1-3H3. The Morgan fingerprint density at radius 1 is 1.21 bits per heavy atom. The first kappa shape index (κ1) is 14.1. The molecule has 1 saturated carbocycles. The molecule has 19 heavy (non-hydrogen) atoms. The fourth-order valence-electron chi connectivity index (χ4n) is 2.82. The maximum atomic E-state index is 12.3.